The van der Waals surface area contributed by atoms with Gasteiger partial charge in [0.1, 0.15) is 0 Å². The van der Waals surface area contributed by atoms with E-state index in [0.29, 0.717) is 6.42 Å². The van der Waals surface area contributed by atoms with Crippen molar-refractivity contribution in [2.24, 2.45) is 5.92 Å². The van der Waals surface area contributed by atoms with Crippen LogP contribution in [0, 0.1) is 5.92 Å². The zero-order valence-corrected chi connectivity index (χ0v) is 10.0. The summed E-state index contributed by atoms with van der Waals surface area (Å²) in [6.45, 7) is 1.71. The van der Waals surface area contributed by atoms with Crippen molar-refractivity contribution >= 4 is 5.91 Å². The van der Waals surface area contributed by atoms with Gasteiger partial charge in [-0.15, -0.1) is 0 Å². The fourth-order valence-corrected chi connectivity index (χ4v) is 2.72. The summed E-state index contributed by atoms with van der Waals surface area (Å²) < 4.78 is 5.56. The third-order valence-electron chi connectivity index (χ3n) is 3.75. The highest BCUT2D eigenvalue weighted by molar-refractivity contribution is 5.76. The standard InChI is InChI=1S/C13H23NO2/c15-13(9-12-7-3-4-8-16-12)14-10-11-5-1-2-6-11/h11-12H,1-10H2,(H,14,15). The predicted molar refractivity (Wildman–Crippen MR) is 63.2 cm³/mol. The number of carbonyl (C=O) groups excluding carboxylic acids is 1. The molecule has 3 nitrogen and oxygen atoms in total. The maximum absolute atomic E-state index is 11.7. The van der Waals surface area contributed by atoms with Crippen molar-refractivity contribution in [3.8, 4) is 0 Å². The molecular formula is C13H23NO2. The van der Waals surface area contributed by atoms with Crippen molar-refractivity contribution in [1.29, 1.82) is 0 Å². The number of rotatable bonds is 4. The molecule has 1 aliphatic heterocycles. The molecule has 92 valence electrons. The summed E-state index contributed by atoms with van der Waals surface area (Å²) in [6.07, 6.45) is 9.42. The lowest BCUT2D eigenvalue weighted by atomic mass is 10.1. The first-order valence-corrected chi connectivity index (χ1v) is 6.73. The van der Waals surface area contributed by atoms with Crippen molar-refractivity contribution in [2.75, 3.05) is 13.2 Å². The third kappa shape index (κ3) is 3.78. The average molecular weight is 225 g/mol. The van der Waals surface area contributed by atoms with E-state index in [1.807, 2.05) is 0 Å². The van der Waals surface area contributed by atoms with E-state index in [4.69, 9.17) is 4.74 Å². The Morgan fingerprint density at radius 2 is 1.88 bits per heavy atom. The molecule has 0 aromatic carbocycles. The van der Waals surface area contributed by atoms with Gasteiger partial charge in [0.25, 0.3) is 0 Å². The van der Waals surface area contributed by atoms with Gasteiger partial charge in [0, 0.05) is 13.2 Å². The van der Waals surface area contributed by atoms with Crippen LogP contribution in [0.4, 0.5) is 0 Å². The van der Waals surface area contributed by atoms with Crippen molar-refractivity contribution in [2.45, 2.75) is 57.5 Å². The molecule has 1 saturated carbocycles. The van der Waals surface area contributed by atoms with Gasteiger partial charge in [0.05, 0.1) is 12.5 Å². The lowest BCUT2D eigenvalue weighted by Crippen LogP contribution is -2.33. The summed E-state index contributed by atoms with van der Waals surface area (Å²) in [5.74, 6) is 0.912. The summed E-state index contributed by atoms with van der Waals surface area (Å²) in [7, 11) is 0. The van der Waals surface area contributed by atoms with Crippen LogP contribution in [0.1, 0.15) is 51.4 Å². The van der Waals surface area contributed by atoms with Gasteiger partial charge in [-0.05, 0) is 38.0 Å². The minimum absolute atomic E-state index is 0.178. The van der Waals surface area contributed by atoms with Gasteiger partial charge in [-0.2, -0.15) is 0 Å². The second kappa shape index (κ2) is 6.24. The Labute approximate surface area is 97.9 Å². The number of ether oxygens (including phenoxy) is 1. The zero-order valence-electron chi connectivity index (χ0n) is 10.0. The highest BCUT2D eigenvalue weighted by atomic mass is 16.5. The monoisotopic (exact) mass is 225 g/mol. The molecule has 0 aromatic rings. The van der Waals surface area contributed by atoms with Crippen LogP contribution in [0.15, 0.2) is 0 Å². The predicted octanol–water partition coefficient (Wildman–Crippen LogP) is 2.25. The highest BCUT2D eigenvalue weighted by Crippen LogP contribution is 2.23. The molecule has 1 amide bonds. The summed E-state index contributed by atoms with van der Waals surface area (Å²) in [6, 6.07) is 0. The van der Waals surface area contributed by atoms with Gasteiger partial charge in [-0.3, -0.25) is 4.79 Å². The molecule has 2 aliphatic rings. The van der Waals surface area contributed by atoms with E-state index in [0.717, 1.165) is 31.9 Å². The largest absolute Gasteiger partial charge is 0.378 e. The number of carbonyl (C=O) groups is 1. The fraction of sp³-hybridized carbons (Fsp3) is 0.923. The Morgan fingerprint density at radius 3 is 2.56 bits per heavy atom. The number of nitrogens with one attached hydrogen (secondary N) is 1. The van der Waals surface area contributed by atoms with Crippen LogP contribution >= 0.6 is 0 Å². The van der Waals surface area contributed by atoms with Crippen LogP contribution in [0.2, 0.25) is 0 Å². The Balaban J connectivity index is 1.59. The second-order valence-electron chi connectivity index (χ2n) is 5.15. The first kappa shape index (κ1) is 11.9. The molecule has 0 bridgehead atoms. The molecule has 3 heteroatoms. The maximum atomic E-state index is 11.7. The van der Waals surface area contributed by atoms with Crippen molar-refractivity contribution < 1.29 is 9.53 Å². The maximum Gasteiger partial charge on any atom is 0.222 e. The van der Waals surface area contributed by atoms with Gasteiger partial charge in [0.2, 0.25) is 5.91 Å². The fourth-order valence-electron chi connectivity index (χ4n) is 2.72. The summed E-state index contributed by atoms with van der Waals surface area (Å²) in [4.78, 5) is 11.7. The zero-order chi connectivity index (χ0) is 11.2. The lowest BCUT2D eigenvalue weighted by molar-refractivity contribution is -0.125. The van der Waals surface area contributed by atoms with E-state index < -0.39 is 0 Å². The Hall–Kier alpha value is -0.570. The second-order valence-corrected chi connectivity index (χ2v) is 5.15. The molecule has 0 spiro atoms. The van der Waals surface area contributed by atoms with E-state index in [9.17, 15) is 4.79 Å². The third-order valence-corrected chi connectivity index (χ3v) is 3.75. The topological polar surface area (TPSA) is 38.3 Å². The first-order valence-electron chi connectivity index (χ1n) is 6.73. The van der Waals surface area contributed by atoms with Gasteiger partial charge < -0.3 is 10.1 Å². The molecule has 1 atom stereocenters. The number of hydrogen-bond donors (Lipinski definition) is 1. The first-order chi connectivity index (χ1) is 7.84. The van der Waals surface area contributed by atoms with Crippen LogP contribution < -0.4 is 5.32 Å². The van der Waals surface area contributed by atoms with Gasteiger partial charge in [0.15, 0.2) is 0 Å². The molecule has 0 aromatic heterocycles. The van der Waals surface area contributed by atoms with Crippen molar-refractivity contribution in [3.05, 3.63) is 0 Å². The van der Waals surface area contributed by atoms with E-state index >= 15 is 0 Å². The minimum atomic E-state index is 0.178. The molecule has 1 saturated heterocycles. The van der Waals surface area contributed by atoms with Crippen molar-refractivity contribution in [3.63, 3.8) is 0 Å². The van der Waals surface area contributed by atoms with E-state index in [-0.39, 0.29) is 12.0 Å². The molecule has 1 aliphatic carbocycles. The molecule has 2 fully saturated rings. The average Bonchev–Trinajstić information content (AvgIpc) is 2.81. The van der Waals surface area contributed by atoms with Crippen LogP contribution in [-0.2, 0) is 9.53 Å². The van der Waals surface area contributed by atoms with E-state index in [2.05, 4.69) is 5.32 Å². The van der Waals surface area contributed by atoms with Crippen LogP contribution in [-0.4, -0.2) is 25.2 Å². The highest BCUT2D eigenvalue weighted by Gasteiger charge is 2.19. The summed E-state index contributed by atoms with van der Waals surface area (Å²) in [5.41, 5.74) is 0. The van der Waals surface area contributed by atoms with Crippen LogP contribution in [0.5, 0.6) is 0 Å². The molecule has 2 rings (SSSR count). The molecule has 1 N–H and O–H groups in total. The Kier molecular flexibility index (Phi) is 4.64. The molecular weight excluding hydrogens is 202 g/mol. The van der Waals surface area contributed by atoms with E-state index in [1.165, 1.54) is 32.1 Å². The lowest BCUT2D eigenvalue weighted by Gasteiger charge is -2.22. The summed E-state index contributed by atoms with van der Waals surface area (Å²) >= 11 is 0. The van der Waals surface area contributed by atoms with Crippen LogP contribution in [0.25, 0.3) is 0 Å². The quantitative estimate of drug-likeness (QED) is 0.797. The summed E-state index contributed by atoms with van der Waals surface area (Å²) in [5, 5.41) is 3.05. The van der Waals surface area contributed by atoms with Crippen molar-refractivity contribution in [1.82, 2.24) is 5.32 Å². The van der Waals surface area contributed by atoms with E-state index in [1.54, 1.807) is 0 Å². The number of amides is 1. The number of hydrogen-bond acceptors (Lipinski definition) is 2. The van der Waals surface area contributed by atoms with Gasteiger partial charge >= 0.3 is 0 Å². The van der Waals surface area contributed by atoms with Gasteiger partial charge in [-0.25, -0.2) is 0 Å². The Bertz CT molecular complexity index is 218. The van der Waals surface area contributed by atoms with Crippen LogP contribution in [0.3, 0.4) is 0 Å². The molecule has 1 heterocycles. The molecule has 0 radical (unpaired) electrons. The smallest absolute Gasteiger partial charge is 0.222 e. The minimum Gasteiger partial charge on any atom is -0.378 e. The van der Waals surface area contributed by atoms with Gasteiger partial charge in [-0.1, -0.05) is 12.8 Å². The Morgan fingerprint density at radius 1 is 1.12 bits per heavy atom. The molecule has 1 unspecified atom stereocenters. The SMILES string of the molecule is O=C(CC1CCCCO1)NCC1CCCC1. The normalized spacial score (nSPS) is 26.9. The molecule has 16 heavy (non-hydrogen) atoms.